The first-order valence-electron chi connectivity index (χ1n) is 7.07. The molecule has 18 heavy (non-hydrogen) atoms. The van der Waals surface area contributed by atoms with Gasteiger partial charge in [-0.2, -0.15) is 5.26 Å². The van der Waals surface area contributed by atoms with Gasteiger partial charge in [0, 0.05) is 18.6 Å². The third-order valence-corrected chi connectivity index (χ3v) is 4.23. The molecule has 3 heteroatoms. The Labute approximate surface area is 113 Å². The van der Waals surface area contributed by atoms with Gasteiger partial charge in [0.15, 0.2) is 0 Å². The molecule has 2 unspecified atom stereocenters. The van der Waals surface area contributed by atoms with Crippen LogP contribution >= 0.6 is 0 Å². The van der Waals surface area contributed by atoms with Crippen LogP contribution in [0.15, 0.2) is 0 Å². The van der Waals surface area contributed by atoms with Gasteiger partial charge in [-0.1, -0.05) is 20.8 Å². The fraction of sp³-hybridized carbons (Fsp3) is 0.933. The zero-order chi connectivity index (χ0) is 14.0. The molecule has 1 rings (SSSR count). The largest absolute Gasteiger partial charge is 0.303 e. The van der Waals surface area contributed by atoms with E-state index in [4.69, 9.17) is 0 Å². The standard InChI is InChI=1S/C15H29N3/c1-12(14(2,3)4)18(6)10-9-15(5,11-16)17-13-7-8-13/h12-13,17H,7-10H2,1-6H3. The molecule has 1 N–H and O–H groups in total. The fourth-order valence-corrected chi connectivity index (χ4v) is 2.09. The lowest BCUT2D eigenvalue weighted by Crippen LogP contribution is -2.47. The molecule has 3 nitrogen and oxygen atoms in total. The summed E-state index contributed by atoms with van der Waals surface area (Å²) in [5.41, 5.74) is -0.0885. The summed E-state index contributed by atoms with van der Waals surface area (Å²) in [4.78, 5) is 2.37. The average molecular weight is 251 g/mol. The Bertz CT molecular complexity index is 309. The molecule has 0 spiro atoms. The summed E-state index contributed by atoms with van der Waals surface area (Å²) in [7, 11) is 2.16. The van der Waals surface area contributed by atoms with Gasteiger partial charge in [0.1, 0.15) is 5.54 Å². The Morgan fingerprint density at radius 1 is 1.33 bits per heavy atom. The number of nitrogens with one attached hydrogen (secondary N) is 1. The third-order valence-electron chi connectivity index (χ3n) is 4.23. The van der Waals surface area contributed by atoms with Gasteiger partial charge < -0.3 is 4.90 Å². The fourth-order valence-electron chi connectivity index (χ4n) is 2.09. The Morgan fingerprint density at radius 2 is 1.89 bits per heavy atom. The highest BCUT2D eigenvalue weighted by molar-refractivity contribution is 5.07. The summed E-state index contributed by atoms with van der Waals surface area (Å²) < 4.78 is 0. The van der Waals surface area contributed by atoms with E-state index in [0.29, 0.717) is 12.1 Å². The van der Waals surface area contributed by atoms with Crippen molar-refractivity contribution in [3.8, 4) is 6.07 Å². The Morgan fingerprint density at radius 3 is 2.28 bits per heavy atom. The van der Waals surface area contributed by atoms with Crippen molar-refractivity contribution >= 4 is 0 Å². The van der Waals surface area contributed by atoms with E-state index in [0.717, 1.165) is 13.0 Å². The van der Waals surface area contributed by atoms with Crippen LogP contribution in [0.5, 0.6) is 0 Å². The minimum atomic E-state index is -0.368. The molecule has 0 bridgehead atoms. The molecule has 0 aliphatic heterocycles. The van der Waals surface area contributed by atoms with E-state index in [1.54, 1.807) is 0 Å². The normalized spacial score (nSPS) is 21.4. The average Bonchev–Trinajstić information content (AvgIpc) is 3.07. The van der Waals surface area contributed by atoms with Gasteiger partial charge in [-0.3, -0.25) is 5.32 Å². The Balaban J connectivity index is 2.44. The number of hydrogen-bond acceptors (Lipinski definition) is 3. The summed E-state index contributed by atoms with van der Waals surface area (Å²) in [6, 6.07) is 3.54. The summed E-state index contributed by atoms with van der Waals surface area (Å²) in [5, 5.41) is 12.8. The Kier molecular flexibility index (Phi) is 4.80. The van der Waals surface area contributed by atoms with Crippen LogP contribution in [-0.4, -0.2) is 36.1 Å². The smallest absolute Gasteiger partial charge is 0.105 e. The topological polar surface area (TPSA) is 39.1 Å². The van der Waals surface area contributed by atoms with Gasteiger partial charge in [-0.05, 0) is 45.6 Å². The first-order chi connectivity index (χ1) is 8.18. The minimum absolute atomic E-state index is 0.279. The highest BCUT2D eigenvalue weighted by Gasteiger charge is 2.33. The molecule has 0 radical (unpaired) electrons. The van der Waals surface area contributed by atoms with Gasteiger partial charge >= 0.3 is 0 Å². The maximum absolute atomic E-state index is 9.34. The molecule has 0 aromatic heterocycles. The first-order valence-corrected chi connectivity index (χ1v) is 7.07. The van der Waals surface area contributed by atoms with Crippen LogP contribution in [0.4, 0.5) is 0 Å². The van der Waals surface area contributed by atoms with Crippen LogP contribution in [-0.2, 0) is 0 Å². The SMILES string of the molecule is CC(N(C)CCC(C)(C#N)NC1CC1)C(C)(C)C. The molecule has 0 aromatic rings. The molecule has 104 valence electrons. The van der Waals surface area contributed by atoms with Crippen LogP contribution in [0.3, 0.4) is 0 Å². The van der Waals surface area contributed by atoms with E-state index < -0.39 is 0 Å². The second-order valence-electron chi connectivity index (χ2n) is 7.14. The van der Waals surface area contributed by atoms with Gasteiger partial charge in [-0.15, -0.1) is 0 Å². The second-order valence-corrected chi connectivity index (χ2v) is 7.14. The molecule has 1 fully saturated rings. The van der Waals surface area contributed by atoms with Crippen LogP contribution in [0, 0.1) is 16.7 Å². The highest BCUT2D eigenvalue weighted by Crippen LogP contribution is 2.26. The van der Waals surface area contributed by atoms with Crippen molar-refractivity contribution in [2.75, 3.05) is 13.6 Å². The summed E-state index contributed by atoms with van der Waals surface area (Å²) in [6.07, 6.45) is 3.34. The van der Waals surface area contributed by atoms with E-state index in [9.17, 15) is 5.26 Å². The van der Waals surface area contributed by atoms with Crippen molar-refractivity contribution in [3.63, 3.8) is 0 Å². The number of hydrogen-bond donors (Lipinski definition) is 1. The lowest BCUT2D eigenvalue weighted by molar-refractivity contribution is 0.132. The van der Waals surface area contributed by atoms with Crippen LogP contribution in [0.25, 0.3) is 0 Å². The first kappa shape index (κ1) is 15.5. The molecule has 0 heterocycles. The number of nitriles is 1. The van der Waals surface area contributed by atoms with E-state index >= 15 is 0 Å². The monoisotopic (exact) mass is 251 g/mol. The van der Waals surface area contributed by atoms with Crippen molar-refractivity contribution < 1.29 is 0 Å². The number of nitrogens with zero attached hydrogens (tertiary/aromatic N) is 2. The molecule has 0 aromatic carbocycles. The van der Waals surface area contributed by atoms with Crippen LogP contribution in [0.1, 0.15) is 53.9 Å². The lowest BCUT2D eigenvalue weighted by atomic mass is 9.86. The van der Waals surface area contributed by atoms with E-state index in [-0.39, 0.29) is 11.0 Å². The van der Waals surface area contributed by atoms with Crippen molar-refractivity contribution in [2.45, 2.75) is 71.5 Å². The third kappa shape index (κ3) is 4.59. The molecule has 0 amide bonds. The molecule has 0 saturated heterocycles. The summed E-state index contributed by atoms with van der Waals surface area (Å²) >= 11 is 0. The van der Waals surface area contributed by atoms with Crippen LogP contribution < -0.4 is 5.32 Å². The summed E-state index contributed by atoms with van der Waals surface area (Å²) in [5.74, 6) is 0. The minimum Gasteiger partial charge on any atom is -0.303 e. The van der Waals surface area contributed by atoms with E-state index in [1.165, 1.54) is 12.8 Å². The molecular weight excluding hydrogens is 222 g/mol. The predicted molar refractivity (Wildman–Crippen MR) is 76.3 cm³/mol. The van der Waals surface area contributed by atoms with Crippen molar-refractivity contribution in [3.05, 3.63) is 0 Å². The van der Waals surface area contributed by atoms with Gasteiger partial charge in [0.05, 0.1) is 6.07 Å². The second kappa shape index (κ2) is 5.59. The van der Waals surface area contributed by atoms with Crippen molar-refractivity contribution in [2.24, 2.45) is 5.41 Å². The quantitative estimate of drug-likeness (QED) is 0.789. The van der Waals surface area contributed by atoms with Gasteiger partial charge in [-0.25, -0.2) is 0 Å². The predicted octanol–water partition coefficient (Wildman–Crippen LogP) is 2.78. The molecule has 2 atom stereocenters. The molecule has 1 aliphatic rings. The van der Waals surface area contributed by atoms with E-state index in [2.05, 4.69) is 51.0 Å². The van der Waals surface area contributed by atoms with Crippen molar-refractivity contribution in [1.82, 2.24) is 10.2 Å². The highest BCUT2D eigenvalue weighted by atomic mass is 15.1. The number of rotatable bonds is 6. The lowest BCUT2D eigenvalue weighted by Gasteiger charge is -2.37. The Hall–Kier alpha value is -0.590. The summed E-state index contributed by atoms with van der Waals surface area (Å²) in [6.45, 7) is 12.0. The molecule has 1 saturated carbocycles. The van der Waals surface area contributed by atoms with Crippen molar-refractivity contribution in [1.29, 1.82) is 5.26 Å². The van der Waals surface area contributed by atoms with Crippen LogP contribution in [0.2, 0.25) is 0 Å². The molecular formula is C15H29N3. The maximum atomic E-state index is 9.34. The maximum Gasteiger partial charge on any atom is 0.105 e. The molecule has 1 aliphatic carbocycles. The zero-order valence-electron chi connectivity index (χ0n) is 12.9. The van der Waals surface area contributed by atoms with E-state index in [1.807, 2.05) is 6.92 Å². The van der Waals surface area contributed by atoms with Gasteiger partial charge in [0.2, 0.25) is 0 Å². The van der Waals surface area contributed by atoms with Gasteiger partial charge in [0.25, 0.3) is 0 Å². The zero-order valence-corrected chi connectivity index (χ0v) is 12.9.